The molecule has 0 aliphatic carbocycles. The van der Waals surface area contributed by atoms with Crippen molar-refractivity contribution in [2.75, 3.05) is 33.4 Å². The van der Waals surface area contributed by atoms with Gasteiger partial charge in [-0.15, -0.1) is 0 Å². The third kappa shape index (κ3) is 3.75. The Morgan fingerprint density at radius 2 is 2.00 bits per heavy atom. The van der Waals surface area contributed by atoms with Crippen LogP contribution in [-0.4, -0.2) is 54.2 Å². The van der Waals surface area contributed by atoms with Crippen molar-refractivity contribution in [1.82, 2.24) is 9.80 Å². The van der Waals surface area contributed by atoms with Gasteiger partial charge in [0.25, 0.3) is 0 Å². The van der Waals surface area contributed by atoms with Gasteiger partial charge in [0.1, 0.15) is 18.2 Å². The molecule has 6 heteroatoms. The van der Waals surface area contributed by atoms with E-state index in [1.54, 1.807) is 18.2 Å². The van der Waals surface area contributed by atoms with Crippen LogP contribution in [0.3, 0.4) is 0 Å². The lowest BCUT2D eigenvalue weighted by molar-refractivity contribution is -0.136. The number of likely N-dealkylation sites (tertiary alicyclic amines) is 2. The molecular weight excluding hydrogens is 359 g/mol. The van der Waals surface area contributed by atoms with Gasteiger partial charge in [-0.3, -0.25) is 9.69 Å². The van der Waals surface area contributed by atoms with Gasteiger partial charge in [0.2, 0.25) is 5.91 Å². The molecule has 0 saturated carbocycles. The maximum atomic E-state index is 13.9. The number of benzene rings is 2. The number of amides is 1. The summed E-state index contributed by atoms with van der Waals surface area (Å²) in [6.45, 7) is 3.16. The fourth-order valence-electron chi connectivity index (χ4n) is 4.76. The molecule has 2 heterocycles. The molecule has 0 spiro atoms. The number of ether oxygens (including phenoxy) is 1. The minimum atomic E-state index is -0.283. The van der Waals surface area contributed by atoms with Crippen LogP contribution in [0.15, 0.2) is 48.5 Å². The Bertz CT molecular complexity index is 859. The molecule has 2 aliphatic rings. The molecule has 0 bridgehead atoms. The van der Waals surface area contributed by atoms with Crippen LogP contribution < -0.4 is 0 Å². The molecule has 148 valence electrons. The second-order valence-corrected chi connectivity index (χ2v) is 7.77. The van der Waals surface area contributed by atoms with E-state index in [-0.39, 0.29) is 36.0 Å². The Hall–Kier alpha value is -2.44. The molecule has 2 fully saturated rings. The lowest BCUT2D eigenvalue weighted by Crippen LogP contribution is -2.37. The maximum absolute atomic E-state index is 13.9. The highest BCUT2D eigenvalue weighted by Gasteiger charge is 2.48. The van der Waals surface area contributed by atoms with Crippen molar-refractivity contribution in [3.8, 4) is 5.75 Å². The fourth-order valence-corrected chi connectivity index (χ4v) is 4.76. The Labute approximate surface area is 164 Å². The zero-order valence-corrected chi connectivity index (χ0v) is 15.9. The first-order valence-electron chi connectivity index (χ1n) is 9.59. The van der Waals surface area contributed by atoms with Crippen molar-refractivity contribution in [3.05, 3.63) is 65.5 Å². The summed E-state index contributed by atoms with van der Waals surface area (Å²) in [4.78, 5) is 16.8. The predicted molar refractivity (Wildman–Crippen MR) is 103 cm³/mol. The minimum absolute atomic E-state index is 0.0399. The Morgan fingerprint density at radius 3 is 2.75 bits per heavy atom. The first-order valence-corrected chi connectivity index (χ1v) is 9.59. The van der Waals surface area contributed by atoms with Crippen molar-refractivity contribution in [3.63, 3.8) is 0 Å². The number of phenols is 1. The number of aromatic hydroxyl groups is 1. The highest BCUT2D eigenvalue weighted by molar-refractivity contribution is 5.78. The van der Waals surface area contributed by atoms with Crippen LogP contribution in [0.25, 0.3) is 0 Å². The first kappa shape index (κ1) is 18.9. The number of phenolic OH excluding ortho intramolecular Hbond substituents is 1. The number of hydrogen-bond acceptors (Lipinski definition) is 4. The first-order chi connectivity index (χ1) is 13.5. The van der Waals surface area contributed by atoms with Crippen molar-refractivity contribution in [1.29, 1.82) is 0 Å². The smallest absolute Gasteiger partial charge is 0.249 e. The number of fused-ring (bicyclic) bond motifs is 1. The van der Waals surface area contributed by atoms with Crippen LogP contribution >= 0.6 is 0 Å². The molecule has 0 aromatic heterocycles. The van der Waals surface area contributed by atoms with E-state index < -0.39 is 0 Å². The number of carbonyl (C=O) groups is 1. The lowest BCUT2D eigenvalue weighted by atomic mass is 9.89. The van der Waals surface area contributed by atoms with E-state index in [1.807, 2.05) is 23.1 Å². The summed E-state index contributed by atoms with van der Waals surface area (Å²) in [6, 6.07) is 13.7. The van der Waals surface area contributed by atoms with Crippen molar-refractivity contribution >= 4 is 5.91 Å². The number of rotatable bonds is 5. The zero-order valence-electron chi connectivity index (χ0n) is 15.9. The molecule has 28 heavy (non-hydrogen) atoms. The van der Waals surface area contributed by atoms with Gasteiger partial charge in [0.05, 0.1) is 6.04 Å². The van der Waals surface area contributed by atoms with Crippen LogP contribution in [0.1, 0.15) is 17.2 Å². The van der Waals surface area contributed by atoms with Crippen LogP contribution in [-0.2, 0) is 16.1 Å². The van der Waals surface area contributed by atoms with E-state index in [1.165, 1.54) is 19.2 Å². The topological polar surface area (TPSA) is 53.0 Å². The Balaban J connectivity index is 1.55. The summed E-state index contributed by atoms with van der Waals surface area (Å²) < 4.78 is 18.9. The molecule has 0 radical (unpaired) electrons. The van der Waals surface area contributed by atoms with Gasteiger partial charge in [-0.25, -0.2) is 4.39 Å². The van der Waals surface area contributed by atoms with E-state index in [0.717, 1.165) is 30.8 Å². The van der Waals surface area contributed by atoms with Crippen LogP contribution in [0.4, 0.5) is 4.39 Å². The minimum Gasteiger partial charge on any atom is -0.508 e. The zero-order chi connectivity index (χ0) is 19.7. The largest absolute Gasteiger partial charge is 0.508 e. The van der Waals surface area contributed by atoms with Crippen molar-refractivity contribution < 1.29 is 19.0 Å². The molecule has 0 unspecified atom stereocenters. The highest BCUT2D eigenvalue weighted by atomic mass is 19.1. The molecule has 2 saturated heterocycles. The molecule has 2 aromatic carbocycles. The van der Waals surface area contributed by atoms with Gasteiger partial charge in [-0.05, 0) is 41.3 Å². The molecule has 5 nitrogen and oxygen atoms in total. The summed E-state index contributed by atoms with van der Waals surface area (Å²) in [5.74, 6) is 0.526. The van der Waals surface area contributed by atoms with Crippen LogP contribution in [0.2, 0.25) is 0 Å². The summed E-state index contributed by atoms with van der Waals surface area (Å²) in [7, 11) is 1.52. The second kappa shape index (κ2) is 7.89. The summed E-state index contributed by atoms with van der Waals surface area (Å²) >= 11 is 0. The van der Waals surface area contributed by atoms with Crippen LogP contribution in [0, 0.1) is 17.7 Å². The Kier molecular flexibility index (Phi) is 5.33. The maximum Gasteiger partial charge on any atom is 0.249 e. The average Bonchev–Trinajstić information content (AvgIpc) is 3.19. The third-order valence-corrected chi connectivity index (χ3v) is 5.83. The van der Waals surface area contributed by atoms with E-state index in [9.17, 15) is 14.3 Å². The van der Waals surface area contributed by atoms with E-state index in [4.69, 9.17) is 4.74 Å². The number of carbonyl (C=O) groups excluding carboxylic acids is 1. The number of halogens is 1. The molecule has 2 aromatic rings. The molecule has 4 rings (SSSR count). The van der Waals surface area contributed by atoms with Gasteiger partial charge in [0, 0.05) is 39.2 Å². The summed E-state index contributed by atoms with van der Waals surface area (Å²) in [5.41, 5.74) is 1.91. The second-order valence-electron chi connectivity index (χ2n) is 7.77. The van der Waals surface area contributed by atoms with Crippen molar-refractivity contribution in [2.24, 2.45) is 11.8 Å². The summed E-state index contributed by atoms with van der Waals surface area (Å²) in [6.07, 6.45) is 0. The molecule has 2 aliphatic heterocycles. The molecule has 1 N–H and O–H groups in total. The third-order valence-electron chi connectivity index (χ3n) is 5.83. The average molecular weight is 384 g/mol. The van der Waals surface area contributed by atoms with Gasteiger partial charge in [0.15, 0.2) is 0 Å². The van der Waals surface area contributed by atoms with E-state index >= 15 is 0 Å². The standard InChI is InChI=1S/C22H25FN2O3/c1-28-14-21(27)25-12-17-11-24(10-15-4-2-7-19(26)8-15)13-20(17)22(25)16-5-3-6-18(23)9-16/h2-9,17,20,22,26H,10-14H2,1H3/t17-,20-,22+/m1/s1. The molecule has 1 amide bonds. The van der Waals surface area contributed by atoms with Gasteiger partial charge >= 0.3 is 0 Å². The number of hydrogen-bond donors (Lipinski definition) is 1. The quantitative estimate of drug-likeness (QED) is 0.861. The van der Waals surface area contributed by atoms with E-state index in [0.29, 0.717) is 12.5 Å². The molecular formula is C22H25FN2O3. The molecule has 3 atom stereocenters. The monoisotopic (exact) mass is 384 g/mol. The normalized spacial score (nSPS) is 24.5. The van der Waals surface area contributed by atoms with Gasteiger partial charge in [-0.1, -0.05) is 24.3 Å². The Morgan fingerprint density at radius 1 is 1.18 bits per heavy atom. The highest BCUT2D eigenvalue weighted by Crippen LogP contribution is 2.45. The van der Waals surface area contributed by atoms with Crippen molar-refractivity contribution in [2.45, 2.75) is 12.6 Å². The van der Waals surface area contributed by atoms with Crippen LogP contribution in [0.5, 0.6) is 5.75 Å². The predicted octanol–water partition coefficient (Wildman–Crippen LogP) is 2.81. The number of nitrogens with zero attached hydrogens (tertiary/aromatic N) is 2. The summed E-state index contributed by atoms with van der Waals surface area (Å²) in [5, 5.41) is 9.70. The SMILES string of the molecule is COCC(=O)N1C[C@H]2CN(Cc3cccc(O)c3)C[C@H]2[C@@H]1c1cccc(F)c1. The lowest BCUT2D eigenvalue weighted by Gasteiger charge is -2.30. The fraction of sp³-hybridized carbons (Fsp3) is 0.409. The van der Waals surface area contributed by atoms with Gasteiger partial charge < -0.3 is 14.7 Å². The van der Waals surface area contributed by atoms with E-state index in [2.05, 4.69) is 4.90 Å². The number of methoxy groups -OCH3 is 1. The van der Waals surface area contributed by atoms with Gasteiger partial charge in [-0.2, -0.15) is 0 Å².